The Morgan fingerprint density at radius 1 is 1.57 bits per heavy atom. The molecule has 2 rings (SSSR count). The molecule has 0 aliphatic heterocycles. The first-order chi connectivity index (χ1) is 6.75. The van der Waals surface area contributed by atoms with E-state index in [9.17, 15) is 0 Å². The number of imidazole rings is 1. The van der Waals surface area contributed by atoms with E-state index in [1.807, 2.05) is 25.3 Å². The zero-order chi connectivity index (χ0) is 9.97. The Balaban J connectivity index is 2.06. The van der Waals surface area contributed by atoms with E-state index in [1.54, 1.807) is 6.20 Å². The maximum atomic E-state index is 5.51. The highest BCUT2D eigenvalue weighted by molar-refractivity contribution is 9.09. The van der Waals surface area contributed by atoms with Crippen LogP contribution in [-0.4, -0.2) is 9.97 Å². The Hall–Kier alpha value is -1.03. The summed E-state index contributed by atoms with van der Waals surface area (Å²) in [7, 11) is 0. The number of hydrogen-bond acceptors (Lipinski definition) is 2. The van der Waals surface area contributed by atoms with Gasteiger partial charge in [0.2, 0.25) is 0 Å². The Labute approximate surface area is 90.7 Å². The molecule has 4 heteroatoms. The average molecular weight is 255 g/mol. The Morgan fingerprint density at radius 2 is 2.43 bits per heavy atom. The van der Waals surface area contributed by atoms with Gasteiger partial charge in [-0.15, -0.1) is 0 Å². The third-order valence-corrected chi connectivity index (χ3v) is 2.77. The van der Waals surface area contributed by atoms with E-state index in [4.69, 9.17) is 4.42 Å². The molecular formula is C10H11BrN2O. The molecule has 74 valence electrons. The Morgan fingerprint density at radius 3 is 3.00 bits per heavy atom. The van der Waals surface area contributed by atoms with Gasteiger partial charge >= 0.3 is 0 Å². The fourth-order valence-corrected chi connectivity index (χ4v) is 1.85. The lowest BCUT2D eigenvalue weighted by Gasteiger charge is -2.03. The second-order valence-corrected chi connectivity index (χ2v) is 4.26. The number of halogens is 1. The molecule has 2 aromatic rings. The van der Waals surface area contributed by atoms with Crippen molar-refractivity contribution in [3.8, 4) is 0 Å². The van der Waals surface area contributed by atoms with Gasteiger partial charge in [-0.2, -0.15) is 0 Å². The van der Waals surface area contributed by atoms with Gasteiger partial charge in [0.15, 0.2) is 0 Å². The second-order valence-electron chi connectivity index (χ2n) is 3.16. The molecule has 14 heavy (non-hydrogen) atoms. The number of aryl methyl sites for hydroxylation is 1. The van der Waals surface area contributed by atoms with Crippen molar-refractivity contribution in [3.63, 3.8) is 0 Å². The quantitative estimate of drug-likeness (QED) is 0.856. The zero-order valence-electron chi connectivity index (χ0n) is 7.83. The van der Waals surface area contributed by atoms with Crippen LogP contribution in [0.4, 0.5) is 0 Å². The summed E-state index contributed by atoms with van der Waals surface area (Å²) in [5.41, 5.74) is 0. The lowest BCUT2D eigenvalue weighted by Crippen LogP contribution is -1.95. The highest BCUT2D eigenvalue weighted by Crippen LogP contribution is 2.27. The van der Waals surface area contributed by atoms with Crippen LogP contribution >= 0.6 is 15.9 Å². The summed E-state index contributed by atoms with van der Waals surface area (Å²) in [5, 5.41) is 0. The molecular weight excluding hydrogens is 244 g/mol. The molecule has 1 N–H and O–H groups in total. The number of hydrogen-bond donors (Lipinski definition) is 1. The molecule has 3 nitrogen and oxygen atoms in total. The summed E-state index contributed by atoms with van der Waals surface area (Å²) >= 11 is 3.57. The van der Waals surface area contributed by atoms with Gasteiger partial charge in [0.05, 0.1) is 4.83 Å². The van der Waals surface area contributed by atoms with Crippen LogP contribution in [0.15, 0.2) is 28.9 Å². The van der Waals surface area contributed by atoms with E-state index in [0.29, 0.717) is 0 Å². The van der Waals surface area contributed by atoms with E-state index in [0.717, 1.165) is 23.8 Å². The molecule has 0 saturated carbocycles. The minimum atomic E-state index is 0.183. The van der Waals surface area contributed by atoms with Gasteiger partial charge in [-0.25, -0.2) is 4.98 Å². The van der Waals surface area contributed by atoms with Crippen molar-refractivity contribution in [2.24, 2.45) is 0 Å². The summed E-state index contributed by atoms with van der Waals surface area (Å²) < 4.78 is 5.51. The highest BCUT2D eigenvalue weighted by atomic mass is 79.9. The van der Waals surface area contributed by atoms with Crippen LogP contribution in [0.2, 0.25) is 0 Å². The number of aromatic amines is 1. The molecule has 0 bridgehead atoms. The van der Waals surface area contributed by atoms with Gasteiger partial charge < -0.3 is 9.40 Å². The lowest BCUT2D eigenvalue weighted by molar-refractivity contribution is 0.479. The maximum absolute atomic E-state index is 5.51. The molecule has 0 radical (unpaired) electrons. The topological polar surface area (TPSA) is 41.8 Å². The summed E-state index contributed by atoms with van der Waals surface area (Å²) in [6, 6.07) is 3.95. The van der Waals surface area contributed by atoms with Crippen molar-refractivity contribution in [3.05, 3.63) is 41.9 Å². The monoisotopic (exact) mass is 254 g/mol. The highest BCUT2D eigenvalue weighted by Gasteiger charge is 2.13. The molecule has 1 unspecified atom stereocenters. The second kappa shape index (κ2) is 4.00. The lowest BCUT2D eigenvalue weighted by atomic mass is 10.2. The smallest absolute Gasteiger partial charge is 0.118 e. The van der Waals surface area contributed by atoms with Crippen LogP contribution < -0.4 is 0 Å². The summed E-state index contributed by atoms with van der Waals surface area (Å²) in [6.45, 7) is 1.94. The number of alkyl halides is 1. The first kappa shape index (κ1) is 9.52. The molecule has 0 aromatic carbocycles. The van der Waals surface area contributed by atoms with Crippen LogP contribution in [0.3, 0.4) is 0 Å². The zero-order valence-corrected chi connectivity index (χ0v) is 9.41. The van der Waals surface area contributed by atoms with Crippen LogP contribution in [-0.2, 0) is 6.42 Å². The minimum Gasteiger partial charge on any atom is -0.465 e. The number of nitrogens with zero attached hydrogens (tertiary/aromatic N) is 1. The van der Waals surface area contributed by atoms with E-state index in [1.165, 1.54) is 0 Å². The third-order valence-electron chi connectivity index (χ3n) is 2.00. The van der Waals surface area contributed by atoms with Gasteiger partial charge in [0.1, 0.15) is 17.3 Å². The Bertz CT molecular complexity index is 394. The summed E-state index contributed by atoms with van der Waals surface area (Å²) in [4.78, 5) is 7.41. The molecule has 0 amide bonds. The van der Waals surface area contributed by atoms with E-state index in [-0.39, 0.29) is 4.83 Å². The Kier molecular flexibility index (Phi) is 2.72. The van der Waals surface area contributed by atoms with Gasteiger partial charge in [-0.05, 0) is 19.1 Å². The van der Waals surface area contributed by atoms with Crippen LogP contribution in [0.5, 0.6) is 0 Å². The van der Waals surface area contributed by atoms with E-state index < -0.39 is 0 Å². The number of aromatic nitrogens is 2. The molecule has 2 aromatic heterocycles. The fourth-order valence-electron chi connectivity index (χ4n) is 1.30. The predicted molar refractivity (Wildman–Crippen MR) is 57.4 cm³/mol. The normalized spacial score (nSPS) is 13.0. The fraction of sp³-hybridized carbons (Fsp3) is 0.300. The van der Waals surface area contributed by atoms with Crippen molar-refractivity contribution in [1.29, 1.82) is 0 Å². The molecule has 0 aliphatic rings. The van der Waals surface area contributed by atoms with Crippen molar-refractivity contribution < 1.29 is 4.42 Å². The van der Waals surface area contributed by atoms with Crippen LogP contribution in [0, 0.1) is 6.92 Å². The summed E-state index contributed by atoms with van der Waals surface area (Å²) in [5.74, 6) is 2.84. The third kappa shape index (κ3) is 2.07. The average Bonchev–Trinajstić information content (AvgIpc) is 2.75. The first-order valence-electron chi connectivity index (χ1n) is 4.44. The van der Waals surface area contributed by atoms with Crippen molar-refractivity contribution in [1.82, 2.24) is 9.97 Å². The van der Waals surface area contributed by atoms with Gasteiger partial charge in [0, 0.05) is 18.8 Å². The molecule has 1 atom stereocenters. The molecule has 0 aliphatic carbocycles. The maximum Gasteiger partial charge on any atom is 0.118 e. The summed E-state index contributed by atoms with van der Waals surface area (Å²) in [6.07, 6.45) is 4.38. The first-order valence-corrected chi connectivity index (χ1v) is 5.36. The minimum absolute atomic E-state index is 0.183. The number of nitrogens with one attached hydrogen (secondary N) is 1. The van der Waals surface area contributed by atoms with E-state index in [2.05, 4.69) is 25.9 Å². The van der Waals surface area contributed by atoms with Crippen LogP contribution in [0.1, 0.15) is 22.2 Å². The predicted octanol–water partition coefficient (Wildman–Crippen LogP) is 2.99. The molecule has 0 fully saturated rings. The van der Waals surface area contributed by atoms with Crippen molar-refractivity contribution in [2.75, 3.05) is 0 Å². The number of furan rings is 1. The van der Waals surface area contributed by atoms with Crippen LogP contribution in [0.25, 0.3) is 0 Å². The largest absolute Gasteiger partial charge is 0.465 e. The molecule has 0 saturated heterocycles. The number of rotatable bonds is 3. The van der Waals surface area contributed by atoms with Gasteiger partial charge in [-0.3, -0.25) is 0 Å². The molecule has 2 heterocycles. The van der Waals surface area contributed by atoms with Crippen molar-refractivity contribution in [2.45, 2.75) is 18.2 Å². The van der Waals surface area contributed by atoms with E-state index >= 15 is 0 Å². The molecule has 0 spiro atoms. The van der Waals surface area contributed by atoms with Gasteiger partial charge in [0.25, 0.3) is 0 Å². The standard InChI is InChI=1S/C10H11BrN2O/c1-7-2-3-9(14-7)8(11)6-10-12-4-5-13-10/h2-5,8H,6H2,1H3,(H,12,13). The van der Waals surface area contributed by atoms with Gasteiger partial charge in [-0.1, -0.05) is 15.9 Å². The van der Waals surface area contributed by atoms with Crippen molar-refractivity contribution >= 4 is 15.9 Å². The SMILES string of the molecule is Cc1ccc(C(Br)Cc2ncc[nH]2)o1. The number of H-pyrrole nitrogens is 1.